The lowest BCUT2D eigenvalue weighted by atomic mass is 9.97. The van der Waals surface area contributed by atoms with Crippen LogP contribution in [-0.4, -0.2) is 80.4 Å². The fourth-order valence-corrected chi connectivity index (χ4v) is 8.99. The van der Waals surface area contributed by atoms with Gasteiger partial charge in [-0.15, -0.1) is 0 Å². The van der Waals surface area contributed by atoms with Crippen molar-refractivity contribution in [3.63, 3.8) is 0 Å². The van der Waals surface area contributed by atoms with E-state index < -0.39 is 11.2 Å². The number of imidazole rings is 1. The number of hydrogen-bond donors (Lipinski definition) is 2. The smallest absolute Gasteiger partial charge is 0.410 e. The van der Waals surface area contributed by atoms with E-state index in [1.54, 1.807) is 0 Å². The Hall–Kier alpha value is -4.47. The second-order valence-electron chi connectivity index (χ2n) is 19.0. The van der Waals surface area contributed by atoms with E-state index >= 15 is 0 Å². The molecule has 2 N–H and O–H groups in total. The number of rotatable bonds is 9. The molecule has 3 aliphatic heterocycles. The van der Waals surface area contributed by atoms with Gasteiger partial charge >= 0.3 is 12.2 Å². The first-order valence-electron chi connectivity index (χ1n) is 20.6. The second-order valence-corrected chi connectivity index (χ2v) is 19.0. The van der Waals surface area contributed by atoms with Gasteiger partial charge in [-0.2, -0.15) is 0 Å². The van der Waals surface area contributed by atoms with E-state index in [-0.39, 0.29) is 30.4 Å². The zero-order chi connectivity index (χ0) is 38.6. The van der Waals surface area contributed by atoms with Crippen molar-refractivity contribution in [2.75, 3.05) is 20.1 Å². The number of benzene rings is 2. The Labute approximate surface area is 327 Å². The Morgan fingerprint density at radius 2 is 1.22 bits per heavy atom. The van der Waals surface area contributed by atoms with Crippen LogP contribution in [0.15, 0.2) is 60.9 Å². The molecule has 0 spiro atoms. The Kier molecular flexibility index (Phi) is 9.91. The number of nitrogens with zero attached hydrogens (tertiary/aromatic N) is 4. The molecule has 2 saturated carbocycles. The molecule has 10 heteroatoms. The number of hydrogen-bond acceptors (Lipinski definition) is 7. The normalized spacial score (nSPS) is 25.6. The van der Waals surface area contributed by atoms with Crippen LogP contribution in [0.5, 0.6) is 0 Å². The van der Waals surface area contributed by atoms with Gasteiger partial charge in [0, 0.05) is 38.1 Å². The standard InChI is InChI=1S/C45H60N6O4/c1-44(2,3)54-42(52)50-26-30(20-28-8-9-28)22-37(50)40-46-24-36(48-40)34-16-12-32(13-17-34)33-14-18-35(19-15-33)39-25-47-41(49(39)7)38-23-31(21-29-10-11-29)27-51(38)43(53)55-45(4,5)6/h12-19,24-25,28-31,37-38,41,47H,8-11,20-23,26-27H2,1-7H3,(H,46,48)/t30-,31-,37+,38+,41?/m1/s1. The average molecular weight is 749 g/mol. The summed E-state index contributed by atoms with van der Waals surface area (Å²) in [5.74, 6) is 3.44. The number of carbonyl (C=O) groups excluding carboxylic acids is 2. The number of amides is 2. The number of likely N-dealkylation sites (tertiary alicyclic amines) is 2. The van der Waals surface area contributed by atoms with Crippen molar-refractivity contribution in [1.82, 2.24) is 30.0 Å². The molecule has 8 rings (SSSR count). The van der Waals surface area contributed by atoms with Gasteiger partial charge in [0.05, 0.1) is 23.5 Å². The summed E-state index contributed by atoms with van der Waals surface area (Å²) in [5, 5.41) is 3.63. The van der Waals surface area contributed by atoms with Gasteiger partial charge in [0.25, 0.3) is 0 Å². The highest BCUT2D eigenvalue weighted by Gasteiger charge is 2.46. The van der Waals surface area contributed by atoms with E-state index in [0.717, 1.165) is 77.2 Å². The van der Waals surface area contributed by atoms with Crippen LogP contribution in [-0.2, 0) is 9.47 Å². The van der Waals surface area contributed by atoms with Gasteiger partial charge in [0.1, 0.15) is 23.2 Å². The van der Waals surface area contributed by atoms with Gasteiger partial charge in [-0.05, 0) is 108 Å². The molecule has 2 amide bonds. The SMILES string of the molecule is CN1C(c2ccc(-c3ccc(-c4c[nH]c([C@@H]5C[C@@H](CC6CC6)CN5C(=O)OC(C)(C)C)n4)cc3)cc2)=CNC1[C@@H]1C[C@@H](CC2CC2)CN1C(=O)OC(C)(C)C. The molecular formula is C45H60N6O4. The summed E-state index contributed by atoms with van der Waals surface area (Å²) >= 11 is 0. The first kappa shape index (κ1) is 37.5. The lowest BCUT2D eigenvalue weighted by molar-refractivity contribution is 0.0155. The van der Waals surface area contributed by atoms with Crippen LogP contribution in [0.4, 0.5) is 9.59 Å². The first-order valence-corrected chi connectivity index (χ1v) is 20.6. The summed E-state index contributed by atoms with van der Waals surface area (Å²) in [6.07, 6.45) is 13.1. The predicted molar refractivity (Wildman–Crippen MR) is 215 cm³/mol. The number of ether oxygens (including phenoxy) is 2. The molecule has 4 heterocycles. The largest absolute Gasteiger partial charge is 0.444 e. The van der Waals surface area contributed by atoms with Crippen molar-refractivity contribution < 1.29 is 19.1 Å². The van der Waals surface area contributed by atoms with Gasteiger partial charge < -0.3 is 29.6 Å². The van der Waals surface area contributed by atoms with Crippen molar-refractivity contribution in [1.29, 1.82) is 0 Å². The van der Waals surface area contributed by atoms with Gasteiger partial charge in [0.2, 0.25) is 0 Å². The van der Waals surface area contributed by atoms with Gasteiger partial charge in [-0.3, -0.25) is 4.90 Å². The molecule has 4 fully saturated rings. The minimum atomic E-state index is -0.544. The molecule has 2 aromatic carbocycles. The monoisotopic (exact) mass is 748 g/mol. The molecule has 10 nitrogen and oxygen atoms in total. The van der Waals surface area contributed by atoms with E-state index in [0.29, 0.717) is 11.8 Å². The van der Waals surface area contributed by atoms with Crippen molar-refractivity contribution in [3.8, 4) is 22.4 Å². The van der Waals surface area contributed by atoms with Crippen LogP contribution in [0, 0.1) is 23.7 Å². The number of aromatic amines is 1. The molecule has 294 valence electrons. The lowest BCUT2D eigenvalue weighted by Crippen LogP contribution is -2.52. The van der Waals surface area contributed by atoms with E-state index in [9.17, 15) is 9.59 Å². The average Bonchev–Trinajstić information content (AvgIpc) is 3.88. The number of likely N-dealkylation sites (N-methyl/N-ethyl adjacent to an activating group) is 1. The van der Waals surface area contributed by atoms with E-state index in [2.05, 4.69) is 77.0 Å². The highest BCUT2D eigenvalue weighted by molar-refractivity contribution is 5.73. The number of nitrogens with one attached hydrogen (secondary N) is 2. The molecule has 2 saturated heterocycles. The van der Waals surface area contributed by atoms with Crippen LogP contribution >= 0.6 is 0 Å². The third-order valence-corrected chi connectivity index (χ3v) is 12.0. The molecule has 5 aliphatic rings. The molecule has 1 unspecified atom stereocenters. The van der Waals surface area contributed by atoms with Crippen molar-refractivity contribution in [2.45, 2.75) is 122 Å². The summed E-state index contributed by atoms with van der Waals surface area (Å²) in [6.45, 7) is 13.1. The van der Waals surface area contributed by atoms with Crippen molar-refractivity contribution in [3.05, 3.63) is 72.3 Å². The van der Waals surface area contributed by atoms with Crippen LogP contribution in [0.25, 0.3) is 28.1 Å². The molecule has 3 aromatic rings. The zero-order valence-corrected chi connectivity index (χ0v) is 33.8. The van der Waals surface area contributed by atoms with Crippen LogP contribution in [0.2, 0.25) is 0 Å². The maximum Gasteiger partial charge on any atom is 0.410 e. The summed E-state index contributed by atoms with van der Waals surface area (Å²) in [7, 11) is 2.12. The van der Waals surface area contributed by atoms with E-state index in [1.165, 1.54) is 38.5 Å². The number of H-pyrrole nitrogens is 1. The van der Waals surface area contributed by atoms with Gasteiger partial charge in [-0.1, -0.05) is 74.2 Å². The minimum absolute atomic E-state index is 0.0141. The first-order chi connectivity index (χ1) is 26.2. The Morgan fingerprint density at radius 1 is 0.709 bits per heavy atom. The highest BCUT2D eigenvalue weighted by Crippen LogP contribution is 2.44. The van der Waals surface area contributed by atoms with Crippen molar-refractivity contribution in [2.24, 2.45) is 23.7 Å². The molecule has 0 bridgehead atoms. The fourth-order valence-electron chi connectivity index (χ4n) is 8.99. The predicted octanol–water partition coefficient (Wildman–Crippen LogP) is 9.43. The Bertz CT molecular complexity index is 1880. The zero-order valence-electron chi connectivity index (χ0n) is 33.8. The molecule has 0 radical (unpaired) electrons. The number of carbonyl (C=O) groups is 2. The highest BCUT2D eigenvalue weighted by atomic mass is 16.6. The fraction of sp³-hybridized carbons (Fsp3) is 0.578. The van der Waals surface area contributed by atoms with Crippen LogP contribution in [0.3, 0.4) is 0 Å². The second kappa shape index (κ2) is 14.6. The molecule has 2 aliphatic carbocycles. The maximum absolute atomic E-state index is 13.4. The van der Waals surface area contributed by atoms with E-state index in [1.807, 2.05) is 57.5 Å². The summed E-state index contributed by atoms with van der Waals surface area (Å²) < 4.78 is 11.7. The number of aromatic nitrogens is 2. The lowest BCUT2D eigenvalue weighted by Gasteiger charge is -2.36. The Morgan fingerprint density at radius 3 is 1.78 bits per heavy atom. The van der Waals surface area contributed by atoms with Crippen molar-refractivity contribution >= 4 is 17.9 Å². The van der Waals surface area contributed by atoms with Gasteiger partial charge in [-0.25, -0.2) is 14.6 Å². The third-order valence-electron chi connectivity index (χ3n) is 12.0. The molecule has 55 heavy (non-hydrogen) atoms. The van der Waals surface area contributed by atoms with Crippen LogP contribution in [0.1, 0.15) is 110 Å². The maximum atomic E-state index is 13.4. The van der Waals surface area contributed by atoms with Crippen LogP contribution < -0.4 is 5.32 Å². The van der Waals surface area contributed by atoms with E-state index in [4.69, 9.17) is 14.5 Å². The summed E-state index contributed by atoms with van der Waals surface area (Å²) in [5.41, 5.74) is 5.34. The summed E-state index contributed by atoms with van der Waals surface area (Å²) in [6, 6.07) is 17.2. The quantitative estimate of drug-likeness (QED) is 0.225. The molecular weight excluding hydrogens is 689 g/mol. The third kappa shape index (κ3) is 8.68. The minimum Gasteiger partial charge on any atom is -0.444 e. The molecule has 1 aromatic heterocycles. The topological polar surface area (TPSA) is 103 Å². The summed E-state index contributed by atoms with van der Waals surface area (Å²) in [4.78, 5) is 41.3. The van der Waals surface area contributed by atoms with Gasteiger partial charge in [0.15, 0.2) is 0 Å². The molecule has 5 atom stereocenters. The Balaban J connectivity index is 0.920.